The van der Waals surface area contributed by atoms with E-state index in [-0.39, 0.29) is 11.4 Å². The van der Waals surface area contributed by atoms with Gasteiger partial charge in [-0.15, -0.1) is 0 Å². The first-order valence-electron chi connectivity index (χ1n) is 9.74. The molecule has 0 spiro atoms. The van der Waals surface area contributed by atoms with Crippen LogP contribution in [0.15, 0.2) is 46.0 Å². The number of nitrogens with one attached hydrogen (secondary N) is 1. The molecular formula is C23H28BrN3O. The van der Waals surface area contributed by atoms with Crippen LogP contribution in [0.1, 0.15) is 67.1 Å². The van der Waals surface area contributed by atoms with E-state index >= 15 is 0 Å². The number of amides is 1. The number of hydrogen-bond donors (Lipinski definition) is 1. The minimum Gasteiger partial charge on any atom is -0.366 e. The minimum absolute atomic E-state index is 0.154. The van der Waals surface area contributed by atoms with Gasteiger partial charge in [0, 0.05) is 27.8 Å². The van der Waals surface area contributed by atoms with Gasteiger partial charge in [0.15, 0.2) is 0 Å². The lowest BCUT2D eigenvalue weighted by Crippen LogP contribution is -2.48. The summed E-state index contributed by atoms with van der Waals surface area (Å²) >= 11 is 3.38. The van der Waals surface area contributed by atoms with E-state index in [1.807, 2.05) is 12.1 Å². The third kappa shape index (κ3) is 4.14. The summed E-state index contributed by atoms with van der Waals surface area (Å²) in [6, 6.07) is 11.7. The topological polar surface area (TPSA) is 44.7 Å². The number of fused-ring (bicyclic) bond motifs is 1. The van der Waals surface area contributed by atoms with Gasteiger partial charge in [-0.1, -0.05) is 28.9 Å². The molecule has 2 aromatic rings. The van der Waals surface area contributed by atoms with Gasteiger partial charge in [0.25, 0.3) is 5.91 Å². The predicted octanol–water partition coefficient (Wildman–Crippen LogP) is 5.63. The smallest absolute Gasteiger partial charge is 0.271 e. The number of carbonyl (C=O) groups excluding carboxylic acids is 1. The maximum absolute atomic E-state index is 12.3. The molecule has 0 saturated heterocycles. The quantitative estimate of drug-likeness (QED) is 0.493. The van der Waals surface area contributed by atoms with Crippen molar-refractivity contribution in [2.24, 2.45) is 5.10 Å². The number of nitrogens with zero attached hydrogens (tertiary/aromatic N) is 2. The first kappa shape index (κ1) is 20.6. The number of halogens is 1. The highest BCUT2D eigenvalue weighted by Crippen LogP contribution is 2.43. The molecule has 2 aromatic carbocycles. The molecule has 0 fully saturated rings. The molecule has 0 bridgehead atoms. The molecule has 0 aliphatic carbocycles. The Morgan fingerprint density at radius 2 is 2.11 bits per heavy atom. The maximum Gasteiger partial charge on any atom is 0.271 e. The van der Waals surface area contributed by atoms with Crippen LogP contribution < -0.4 is 10.3 Å². The zero-order valence-corrected chi connectivity index (χ0v) is 18.8. The van der Waals surface area contributed by atoms with Gasteiger partial charge in [0.05, 0.1) is 6.21 Å². The maximum atomic E-state index is 12.3. The Balaban J connectivity index is 1.83. The SMILES string of the molecule is CCN1c2cc(C)c(/C=N\NC(=O)c3cccc(Br)c3)cc2[C@H](C)CC1(C)C. The zero-order valence-electron chi connectivity index (χ0n) is 17.2. The summed E-state index contributed by atoms with van der Waals surface area (Å²) in [7, 11) is 0. The van der Waals surface area contributed by atoms with Gasteiger partial charge < -0.3 is 4.90 Å². The van der Waals surface area contributed by atoms with Crippen molar-refractivity contribution in [1.82, 2.24) is 5.43 Å². The summed E-state index contributed by atoms with van der Waals surface area (Å²) in [6.45, 7) is 12.2. The van der Waals surface area contributed by atoms with Crippen molar-refractivity contribution in [3.8, 4) is 0 Å². The summed E-state index contributed by atoms with van der Waals surface area (Å²) in [4.78, 5) is 14.7. The van der Waals surface area contributed by atoms with E-state index in [1.165, 1.54) is 11.3 Å². The molecule has 4 nitrogen and oxygen atoms in total. The molecule has 0 aromatic heterocycles. The molecular weight excluding hydrogens is 414 g/mol. The number of rotatable bonds is 4. The average Bonchev–Trinajstić information content (AvgIpc) is 2.62. The fraction of sp³-hybridized carbons (Fsp3) is 0.391. The highest BCUT2D eigenvalue weighted by atomic mass is 79.9. The average molecular weight is 442 g/mol. The minimum atomic E-state index is -0.222. The Labute approximate surface area is 176 Å². The van der Waals surface area contributed by atoms with E-state index in [9.17, 15) is 4.79 Å². The fourth-order valence-electron chi connectivity index (χ4n) is 4.24. The van der Waals surface area contributed by atoms with Crippen molar-refractivity contribution in [3.05, 3.63) is 63.1 Å². The van der Waals surface area contributed by atoms with E-state index in [0.717, 1.165) is 28.6 Å². The Bertz CT molecular complexity index is 920. The second-order valence-electron chi connectivity index (χ2n) is 8.14. The van der Waals surface area contributed by atoms with Gasteiger partial charge in [-0.25, -0.2) is 5.43 Å². The van der Waals surface area contributed by atoms with Crippen LogP contribution in [0.25, 0.3) is 0 Å². The van der Waals surface area contributed by atoms with E-state index < -0.39 is 0 Å². The summed E-state index contributed by atoms with van der Waals surface area (Å²) < 4.78 is 0.868. The Morgan fingerprint density at radius 1 is 1.36 bits per heavy atom. The number of hydrogen-bond acceptors (Lipinski definition) is 3. The van der Waals surface area contributed by atoms with Crippen LogP contribution >= 0.6 is 15.9 Å². The molecule has 3 rings (SSSR count). The van der Waals surface area contributed by atoms with Gasteiger partial charge in [0.1, 0.15) is 0 Å². The van der Waals surface area contributed by atoms with E-state index in [0.29, 0.717) is 11.5 Å². The predicted molar refractivity (Wildman–Crippen MR) is 121 cm³/mol. The lowest BCUT2D eigenvalue weighted by molar-refractivity contribution is 0.0955. The van der Waals surface area contributed by atoms with E-state index in [4.69, 9.17) is 0 Å². The standard InChI is InChI=1S/C23H28BrN3O/c1-6-27-21-10-15(2)18(12-20(21)16(3)13-23(27,4)5)14-25-26-22(28)17-8-7-9-19(24)11-17/h7-12,14,16H,6,13H2,1-5H3,(H,26,28)/b25-14-/t16-/m1/s1. The number of anilines is 1. The lowest BCUT2D eigenvalue weighted by Gasteiger charge is -2.47. The summed E-state index contributed by atoms with van der Waals surface area (Å²) in [6.07, 6.45) is 2.86. The van der Waals surface area contributed by atoms with Crippen LogP contribution in [0.3, 0.4) is 0 Å². The summed E-state index contributed by atoms with van der Waals surface area (Å²) in [5, 5.41) is 4.20. The van der Waals surface area contributed by atoms with Gasteiger partial charge in [-0.3, -0.25) is 4.79 Å². The zero-order chi connectivity index (χ0) is 20.5. The molecule has 1 amide bonds. The molecule has 1 aliphatic heterocycles. The van der Waals surface area contributed by atoms with Gasteiger partial charge in [0.2, 0.25) is 0 Å². The highest BCUT2D eigenvalue weighted by Gasteiger charge is 2.35. The van der Waals surface area contributed by atoms with Crippen molar-refractivity contribution >= 4 is 33.7 Å². The van der Waals surface area contributed by atoms with Gasteiger partial charge in [-0.2, -0.15) is 5.10 Å². The summed E-state index contributed by atoms with van der Waals surface area (Å²) in [5.74, 6) is 0.261. The summed E-state index contributed by atoms with van der Waals surface area (Å²) in [5.41, 5.74) is 8.22. The van der Waals surface area contributed by atoms with Crippen LogP contribution in [0.2, 0.25) is 0 Å². The van der Waals surface area contributed by atoms with Crippen LogP contribution in [0, 0.1) is 6.92 Å². The number of carbonyl (C=O) groups is 1. The molecule has 5 heteroatoms. The number of hydrazone groups is 1. The first-order chi connectivity index (χ1) is 13.2. The van der Waals surface area contributed by atoms with Crippen molar-refractivity contribution < 1.29 is 4.79 Å². The second kappa shape index (κ2) is 8.08. The molecule has 1 aliphatic rings. The Hall–Kier alpha value is -2.14. The Kier molecular flexibility index (Phi) is 5.94. The number of benzene rings is 2. The molecule has 0 unspecified atom stereocenters. The van der Waals surface area contributed by atoms with Gasteiger partial charge in [-0.05, 0) is 87.1 Å². The first-order valence-corrected chi connectivity index (χ1v) is 10.5. The fourth-order valence-corrected chi connectivity index (χ4v) is 4.64. The number of aryl methyl sites for hydroxylation is 1. The van der Waals surface area contributed by atoms with Crippen LogP contribution in [0.5, 0.6) is 0 Å². The molecule has 1 atom stereocenters. The van der Waals surface area contributed by atoms with E-state index in [1.54, 1.807) is 18.3 Å². The van der Waals surface area contributed by atoms with Crippen molar-refractivity contribution in [3.63, 3.8) is 0 Å². The van der Waals surface area contributed by atoms with Crippen LogP contribution in [0.4, 0.5) is 5.69 Å². The van der Waals surface area contributed by atoms with Crippen molar-refractivity contribution in [2.75, 3.05) is 11.4 Å². The highest BCUT2D eigenvalue weighted by molar-refractivity contribution is 9.10. The molecule has 0 radical (unpaired) electrons. The third-order valence-corrected chi connectivity index (χ3v) is 6.04. The van der Waals surface area contributed by atoms with Gasteiger partial charge >= 0.3 is 0 Å². The normalized spacial score (nSPS) is 18.2. The van der Waals surface area contributed by atoms with Crippen LogP contribution in [-0.4, -0.2) is 24.2 Å². The van der Waals surface area contributed by atoms with Crippen molar-refractivity contribution in [1.29, 1.82) is 0 Å². The van der Waals surface area contributed by atoms with Crippen LogP contribution in [-0.2, 0) is 0 Å². The van der Waals surface area contributed by atoms with E-state index in [2.05, 4.69) is 78.1 Å². The molecule has 28 heavy (non-hydrogen) atoms. The lowest BCUT2D eigenvalue weighted by atomic mass is 9.79. The molecule has 148 valence electrons. The molecule has 1 N–H and O–H groups in total. The molecule has 0 saturated carbocycles. The van der Waals surface area contributed by atoms with Crippen molar-refractivity contribution in [2.45, 2.75) is 52.5 Å². The monoisotopic (exact) mass is 441 g/mol. The Morgan fingerprint density at radius 3 is 2.79 bits per heavy atom. The third-order valence-electron chi connectivity index (χ3n) is 5.55. The second-order valence-corrected chi connectivity index (χ2v) is 9.05. The largest absolute Gasteiger partial charge is 0.366 e. The molecule has 1 heterocycles.